The van der Waals surface area contributed by atoms with Gasteiger partial charge in [0.05, 0.1) is 5.69 Å². The lowest BCUT2D eigenvalue weighted by atomic mass is 10.1. The summed E-state index contributed by atoms with van der Waals surface area (Å²) in [5, 5.41) is 0. The molecule has 1 heterocycles. The lowest BCUT2D eigenvalue weighted by Gasteiger charge is -1.79. The van der Waals surface area contributed by atoms with Crippen LogP contribution in [-0.4, -0.2) is 17.8 Å². The van der Waals surface area contributed by atoms with E-state index >= 15 is 0 Å². The SMILES string of the molecule is [B]c1nc(C)c(C)[nH]1. The number of imidazole rings is 1. The highest BCUT2D eigenvalue weighted by atomic mass is 14.9. The first kappa shape index (κ1) is 5.41. The van der Waals surface area contributed by atoms with Crippen LogP contribution in [0.1, 0.15) is 11.4 Å². The number of aryl methyl sites for hydroxylation is 2. The highest BCUT2D eigenvalue weighted by Crippen LogP contribution is 1.92. The standard InChI is InChI=1S/C5H7BN2/c1-3-4(2)8-5(6)7-3/h1-2H3,(H,7,8). The minimum Gasteiger partial charge on any atom is -0.355 e. The van der Waals surface area contributed by atoms with Crippen molar-refractivity contribution in [1.82, 2.24) is 9.97 Å². The van der Waals surface area contributed by atoms with Crippen molar-refractivity contribution in [1.29, 1.82) is 0 Å². The number of hydrogen-bond acceptors (Lipinski definition) is 1. The van der Waals surface area contributed by atoms with Crippen LogP contribution in [0.3, 0.4) is 0 Å². The largest absolute Gasteiger partial charge is 0.355 e. The number of hydrogen-bond donors (Lipinski definition) is 1. The Kier molecular flexibility index (Phi) is 1.12. The fraction of sp³-hybridized carbons (Fsp3) is 0.400. The summed E-state index contributed by atoms with van der Waals surface area (Å²) in [6.07, 6.45) is 0. The summed E-state index contributed by atoms with van der Waals surface area (Å²) in [6.45, 7) is 3.86. The molecule has 2 radical (unpaired) electrons. The average molecular weight is 106 g/mol. The molecule has 0 unspecified atom stereocenters. The maximum absolute atomic E-state index is 5.31. The molecule has 0 spiro atoms. The third-order valence-electron chi connectivity index (χ3n) is 1.15. The van der Waals surface area contributed by atoms with Crippen molar-refractivity contribution in [2.75, 3.05) is 0 Å². The van der Waals surface area contributed by atoms with E-state index in [1.807, 2.05) is 13.8 Å². The summed E-state index contributed by atoms with van der Waals surface area (Å²) >= 11 is 0. The van der Waals surface area contributed by atoms with Gasteiger partial charge in [-0.25, -0.2) is 0 Å². The Hall–Kier alpha value is -0.725. The van der Waals surface area contributed by atoms with Crippen molar-refractivity contribution < 1.29 is 0 Å². The quantitative estimate of drug-likeness (QED) is 0.456. The van der Waals surface area contributed by atoms with Gasteiger partial charge in [0.15, 0.2) is 7.85 Å². The molecule has 0 bridgehead atoms. The molecule has 1 aromatic heterocycles. The Labute approximate surface area is 49.7 Å². The molecule has 2 nitrogen and oxygen atoms in total. The topological polar surface area (TPSA) is 28.7 Å². The molecule has 0 aliphatic rings. The third-order valence-corrected chi connectivity index (χ3v) is 1.15. The first-order valence-corrected chi connectivity index (χ1v) is 2.49. The van der Waals surface area contributed by atoms with E-state index in [2.05, 4.69) is 9.97 Å². The fourth-order valence-corrected chi connectivity index (χ4v) is 0.575. The smallest absolute Gasteiger partial charge is 0.167 e. The van der Waals surface area contributed by atoms with Crippen LogP contribution in [0.25, 0.3) is 0 Å². The van der Waals surface area contributed by atoms with Gasteiger partial charge in [0, 0.05) is 11.4 Å². The number of rotatable bonds is 0. The normalized spacial score (nSPS) is 9.75. The zero-order valence-corrected chi connectivity index (χ0v) is 5.02. The molecular formula is C5H7BN2. The minimum absolute atomic E-state index is 0.500. The average Bonchev–Trinajstić information content (AvgIpc) is 1.85. The van der Waals surface area contributed by atoms with Crippen molar-refractivity contribution in [3.8, 4) is 0 Å². The molecule has 0 saturated heterocycles. The van der Waals surface area contributed by atoms with Gasteiger partial charge in [0.2, 0.25) is 0 Å². The summed E-state index contributed by atoms with van der Waals surface area (Å²) < 4.78 is 0. The number of aromatic nitrogens is 2. The van der Waals surface area contributed by atoms with Gasteiger partial charge in [0.1, 0.15) is 0 Å². The lowest BCUT2D eigenvalue weighted by molar-refractivity contribution is 1.22. The van der Waals surface area contributed by atoms with Gasteiger partial charge in [-0.05, 0) is 13.8 Å². The molecule has 0 atom stereocenters. The van der Waals surface area contributed by atoms with Gasteiger partial charge in [-0.15, -0.1) is 0 Å². The summed E-state index contributed by atoms with van der Waals surface area (Å²) in [5.74, 6) is 0. The maximum Gasteiger partial charge on any atom is 0.167 e. The van der Waals surface area contributed by atoms with Crippen molar-refractivity contribution in [2.45, 2.75) is 13.8 Å². The van der Waals surface area contributed by atoms with Crippen LogP contribution in [0, 0.1) is 13.8 Å². The molecule has 0 fully saturated rings. The summed E-state index contributed by atoms with van der Waals surface area (Å²) in [6, 6.07) is 0. The van der Waals surface area contributed by atoms with Crippen molar-refractivity contribution in [2.24, 2.45) is 0 Å². The molecule has 1 N–H and O–H groups in total. The van der Waals surface area contributed by atoms with Crippen LogP contribution in [0.4, 0.5) is 0 Å². The van der Waals surface area contributed by atoms with E-state index in [9.17, 15) is 0 Å². The second-order valence-electron chi connectivity index (χ2n) is 1.83. The van der Waals surface area contributed by atoms with Crippen LogP contribution < -0.4 is 5.72 Å². The van der Waals surface area contributed by atoms with Gasteiger partial charge >= 0.3 is 0 Å². The predicted molar refractivity (Wildman–Crippen MR) is 33.4 cm³/mol. The lowest BCUT2D eigenvalue weighted by Crippen LogP contribution is -2.05. The van der Waals surface area contributed by atoms with Crippen LogP contribution >= 0.6 is 0 Å². The van der Waals surface area contributed by atoms with E-state index in [1.54, 1.807) is 0 Å². The van der Waals surface area contributed by atoms with E-state index < -0.39 is 0 Å². The zero-order chi connectivity index (χ0) is 6.15. The molecule has 1 aromatic rings. The van der Waals surface area contributed by atoms with E-state index in [1.165, 1.54) is 0 Å². The molecule has 0 amide bonds. The molecule has 40 valence electrons. The fourth-order valence-electron chi connectivity index (χ4n) is 0.575. The summed E-state index contributed by atoms with van der Waals surface area (Å²) in [5.41, 5.74) is 2.52. The van der Waals surface area contributed by atoms with Gasteiger partial charge in [-0.2, -0.15) is 0 Å². The second-order valence-corrected chi connectivity index (χ2v) is 1.83. The summed E-state index contributed by atoms with van der Waals surface area (Å²) in [7, 11) is 5.31. The third kappa shape index (κ3) is 0.758. The first-order valence-electron chi connectivity index (χ1n) is 2.49. The zero-order valence-electron chi connectivity index (χ0n) is 5.02. The molecule has 1 rings (SSSR count). The Morgan fingerprint density at radius 2 is 2.12 bits per heavy atom. The van der Waals surface area contributed by atoms with Gasteiger partial charge < -0.3 is 4.98 Å². The van der Waals surface area contributed by atoms with E-state index in [4.69, 9.17) is 7.85 Å². The number of H-pyrrole nitrogens is 1. The Morgan fingerprint density at radius 3 is 2.25 bits per heavy atom. The number of aromatic amines is 1. The molecule has 0 aliphatic heterocycles. The number of nitrogens with one attached hydrogen (secondary N) is 1. The van der Waals surface area contributed by atoms with E-state index in [0.29, 0.717) is 5.72 Å². The van der Waals surface area contributed by atoms with Crippen LogP contribution in [0.2, 0.25) is 0 Å². The van der Waals surface area contributed by atoms with Gasteiger partial charge in [0.25, 0.3) is 0 Å². The Bertz CT molecular complexity index is 173. The van der Waals surface area contributed by atoms with Crippen LogP contribution in [0.5, 0.6) is 0 Å². The van der Waals surface area contributed by atoms with E-state index in [0.717, 1.165) is 11.4 Å². The minimum atomic E-state index is 0.500. The predicted octanol–water partition coefficient (Wildman–Crippen LogP) is -0.180. The maximum atomic E-state index is 5.31. The molecule has 3 heteroatoms. The number of nitrogens with zero attached hydrogens (tertiary/aromatic N) is 1. The molecule has 0 saturated carbocycles. The monoisotopic (exact) mass is 106 g/mol. The summed E-state index contributed by atoms with van der Waals surface area (Å²) in [4.78, 5) is 6.81. The molecule has 0 aliphatic carbocycles. The molecular weight excluding hydrogens is 98.9 g/mol. The van der Waals surface area contributed by atoms with Crippen molar-refractivity contribution >= 4 is 13.6 Å². The Balaban J connectivity index is 3.14. The van der Waals surface area contributed by atoms with Crippen LogP contribution in [0.15, 0.2) is 0 Å². The first-order chi connectivity index (χ1) is 3.70. The van der Waals surface area contributed by atoms with E-state index in [-0.39, 0.29) is 0 Å². The molecule has 0 aromatic carbocycles. The van der Waals surface area contributed by atoms with Crippen molar-refractivity contribution in [3.05, 3.63) is 11.4 Å². The second kappa shape index (κ2) is 1.65. The highest BCUT2D eigenvalue weighted by Gasteiger charge is 1.93. The van der Waals surface area contributed by atoms with Gasteiger partial charge in [-0.3, -0.25) is 4.98 Å². The highest BCUT2D eigenvalue weighted by molar-refractivity contribution is 6.29. The van der Waals surface area contributed by atoms with Crippen molar-refractivity contribution in [3.63, 3.8) is 0 Å². The van der Waals surface area contributed by atoms with Gasteiger partial charge in [-0.1, -0.05) is 0 Å². The Morgan fingerprint density at radius 1 is 1.50 bits per heavy atom. The molecule has 8 heavy (non-hydrogen) atoms. The van der Waals surface area contributed by atoms with Crippen LogP contribution in [-0.2, 0) is 0 Å².